The lowest BCUT2D eigenvalue weighted by Gasteiger charge is -2.34. The SMILES string of the molecule is CCC(C)(C)N(C)c1nc(NC)nc(OC)n1. The van der Waals surface area contributed by atoms with E-state index in [1.807, 2.05) is 11.9 Å². The van der Waals surface area contributed by atoms with Gasteiger partial charge in [0.1, 0.15) is 0 Å². The third kappa shape index (κ3) is 2.95. The lowest BCUT2D eigenvalue weighted by Crippen LogP contribution is -2.41. The van der Waals surface area contributed by atoms with E-state index in [-0.39, 0.29) is 5.54 Å². The summed E-state index contributed by atoms with van der Waals surface area (Å²) in [7, 11) is 5.28. The van der Waals surface area contributed by atoms with Crippen LogP contribution in [0.1, 0.15) is 27.2 Å². The second-order valence-corrected chi connectivity index (χ2v) is 4.42. The Morgan fingerprint density at radius 3 is 2.41 bits per heavy atom. The number of hydrogen-bond acceptors (Lipinski definition) is 6. The van der Waals surface area contributed by atoms with Gasteiger partial charge < -0.3 is 15.0 Å². The Labute approximate surface area is 102 Å². The molecule has 1 heterocycles. The van der Waals surface area contributed by atoms with Crippen LogP contribution in [0.4, 0.5) is 11.9 Å². The molecule has 0 radical (unpaired) electrons. The molecule has 0 bridgehead atoms. The Hall–Kier alpha value is -1.59. The van der Waals surface area contributed by atoms with E-state index in [0.717, 1.165) is 6.42 Å². The van der Waals surface area contributed by atoms with Crippen LogP contribution < -0.4 is 15.0 Å². The van der Waals surface area contributed by atoms with E-state index < -0.39 is 0 Å². The van der Waals surface area contributed by atoms with E-state index >= 15 is 0 Å². The molecule has 1 rings (SSSR count). The van der Waals surface area contributed by atoms with Gasteiger partial charge in [-0.15, -0.1) is 0 Å². The van der Waals surface area contributed by atoms with Gasteiger partial charge in [-0.05, 0) is 20.3 Å². The highest BCUT2D eigenvalue weighted by Crippen LogP contribution is 2.23. The normalized spacial score (nSPS) is 11.2. The molecule has 17 heavy (non-hydrogen) atoms. The van der Waals surface area contributed by atoms with Crippen LogP contribution in [-0.4, -0.2) is 41.7 Å². The number of aromatic nitrogens is 3. The number of hydrogen-bond donors (Lipinski definition) is 1. The van der Waals surface area contributed by atoms with Crippen molar-refractivity contribution in [3.63, 3.8) is 0 Å². The first-order valence-corrected chi connectivity index (χ1v) is 5.66. The highest BCUT2D eigenvalue weighted by molar-refractivity contribution is 5.39. The van der Waals surface area contributed by atoms with Crippen LogP contribution in [0.2, 0.25) is 0 Å². The number of nitrogens with one attached hydrogen (secondary N) is 1. The van der Waals surface area contributed by atoms with Crippen LogP contribution in [0.5, 0.6) is 6.01 Å². The number of rotatable bonds is 5. The molecule has 6 heteroatoms. The highest BCUT2D eigenvalue weighted by atomic mass is 16.5. The molecule has 0 saturated carbocycles. The highest BCUT2D eigenvalue weighted by Gasteiger charge is 2.24. The number of methoxy groups -OCH3 is 1. The van der Waals surface area contributed by atoms with Crippen molar-refractivity contribution < 1.29 is 4.74 Å². The summed E-state index contributed by atoms with van der Waals surface area (Å²) in [5.74, 6) is 1.11. The third-order valence-electron chi connectivity index (χ3n) is 3.08. The Kier molecular flexibility index (Phi) is 4.09. The van der Waals surface area contributed by atoms with Crippen molar-refractivity contribution in [2.45, 2.75) is 32.7 Å². The van der Waals surface area contributed by atoms with E-state index in [2.05, 4.69) is 41.0 Å². The van der Waals surface area contributed by atoms with Gasteiger partial charge in [0.05, 0.1) is 7.11 Å². The summed E-state index contributed by atoms with van der Waals surface area (Å²) in [6.07, 6.45) is 0.992. The van der Waals surface area contributed by atoms with Gasteiger partial charge in [-0.25, -0.2) is 0 Å². The smallest absolute Gasteiger partial charge is 0.322 e. The van der Waals surface area contributed by atoms with Crippen LogP contribution in [0.25, 0.3) is 0 Å². The van der Waals surface area contributed by atoms with Crippen molar-refractivity contribution in [2.75, 3.05) is 31.4 Å². The maximum absolute atomic E-state index is 5.06. The average Bonchev–Trinajstić information content (AvgIpc) is 2.36. The molecule has 0 aliphatic carbocycles. The van der Waals surface area contributed by atoms with Gasteiger partial charge >= 0.3 is 6.01 Å². The largest absolute Gasteiger partial charge is 0.467 e. The molecule has 1 N–H and O–H groups in total. The molecule has 1 aromatic heterocycles. The molecule has 0 amide bonds. The maximum atomic E-state index is 5.06. The molecule has 0 unspecified atom stereocenters. The first-order valence-electron chi connectivity index (χ1n) is 5.66. The van der Waals surface area contributed by atoms with Crippen molar-refractivity contribution >= 4 is 11.9 Å². The van der Waals surface area contributed by atoms with E-state index in [1.165, 1.54) is 0 Å². The van der Waals surface area contributed by atoms with E-state index in [0.29, 0.717) is 17.9 Å². The summed E-state index contributed by atoms with van der Waals surface area (Å²) in [5, 5.41) is 2.90. The Morgan fingerprint density at radius 1 is 1.29 bits per heavy atom. The zero-order chi connectivity index (χ0) is 13.1. The van der Waals surface area contributed by atoms with E-state index in [4.69, 9.17) is 4.74 Å². The summed E-state index contributed by atoms with van der Waals surface area (Å²) in [6.45, 7) is 6.42. The molecule has 1 aromatic rings. The van der Waals surface area contributed by atoms with Gasteiger partial charge in [-0.2, -0.15) is 15.0 Å². The first kappa shape index (κ1) is 13.5. The summed E-state index contributed by atoms with van der Waals surface area (Å²) in [6, 6.07) is 0.318. The van der Waals surface area contributed by atoms with Crippen molar-refractivity contribution in [2.24, 2.45) is 0 Å². The second-order valence-electron chi connectivity index (χ2n) is 4.42. The van der Waals surface area contributed by atoms with E-state index in [9.17, 15) is 0 Å². The standard InChI is InChI=1S/C11H21N5O/c1-7-11(2,3)16(5)9-13-8(12-4)14-10(15-9)17-6/h7H2,1-6H3,(H,12,13,14,15). The number of nitrogens with zero attached hydrogens (tertiary/aromatic N) is 4. The quantitative estimate of drug-likeness (QED) is 0.841. The fraction of sp³-hybridized carbons (Fsp3) is 0.727. The van der Waals surface area contributed by atoms with E-state index in [1.54, 1.807) is 14.2 Å². The zero-order valence-corrected chi connectivity index (χ0v) is 11.4. The predicted octanol–water partition coefficient (Wildman–Crippen LogP) is 1.55. The Bertz CT molecular complexity index is 358. The van der Waals surface area contributed by atoms with Gasteiger partial charge in [-0.1, -0.05) is 6.92 Å². The third-order valence-corrected chi connectivity index (χ3v) is 3.08. The Morgan fingerprint density at radius 2 is 1.94 bits per heavy atom. The Balaban J connectivity index is 3.12. The minimum absolute atomic E-state index is 0.0165. The van der Waals surface area contributed by atoms with Gasteiger partial charge in [0.2, 0.25) is 11.9 Å². The van der Waals surface area contributed by atoms with Crippen LogP contribution in [-0.2, 0) is 0 Å². The number of ether oxygens (including phenoxy) is 1. The number of anilines is 2. The minimum Gasteiger partial charge on any atom is -0.467 e. The molecule has 0 saturated heterocycles. The summed E-state index contributed by atoms with van der Waals surface area (Å²) in [4.78, 5) is 14.7. The van der Waals surface area contributed by atoms with Crippen molar-refractivity contribution in [1.82, 2.24) is 15.0 Å². The van der Waals surface area contributed by atoms with Crippen molar-refractivity contribution in [3.05, 3.63) is 0 Å². The molecule has 0 spiro atoms. The molecular weight excluding hydrogens is 218 g/mol. The van der Waals surface area contributed by atoms with Gasteiger partial charge in [-0.3, -0.25) is 0 Å². The van der Waals surface area contributed by atoms with Crippen molar-refractivity contribution in [3.8, 4) is 6.01 Å². The minimum atomic E-state index is -0.0165. The molecule has 0 aromatic carbocycles. The fourth-order valence-electron chi connectivity index (χ4n) is 1.21. The summed E-state index contributed by atoms with van der Waals surface area (Å²) in [5.41, 5.74) is -0.0165. The van der Waals surface area contributed by atoms with Gasteiger partial charge in [0.25, 0.3) is 0 Å². The predicted molar refractivity (Wildman–Crippen MR) is 68.7 cm³/mol. The zero-order valence-electron chi connectivity index (χ0n) is 11.4. The monoisotopic (exact) mass is 239 g/mol. The maximum Gasteiger partial charge on any atom is 0.322 e. The average molecular weight is 239 g/mol. The topological polar surface area (TPSA) is 63.2 Å². The first-order chi connectivity index (χ1) is 7.94. The van der Waals surface area contributed by atoms with Crippen molar-refractivity contribution in [1.29, 1.82) is 0 Å². The van der Waals surface area contributed by atoms with Gasteiger partial charge in [0, 0.05) is 19.6 Å². The fourth-order valence-corrected chi connectivity index (χ4v) is 1.21. The lowest BCUT2D eigenvalue weighted by atomic mass is 10.0. The molecular formula is C11H21N5O. The molecule has 0 fully saturated rings. The second kappa shape index (κ2) is 5.16. The molecule has 0 atom stereocenters. The molecule has 0 aliphatic heterocycles. The summed E-state index contributed by atoms with van der Waals surface area (Å²) >= 11 is 0. The molecule has 6 nitrogen and oxygen atoms in total. The molecule has 0 aliphatic rings. The summed E-state index contributed by atoms with van der Waals surface area (Å²) < 4.78 is 5.06. The van der Waals surface area contributed by atoms with Crippen LogP contribution in [0, 0.1) is 0 Å². The van der Waals surface area contributed by atoms with Crippen LogP contribution in [0.15, 0.2) is 0 Å². The van der Waals surface area contributed by atoms with Crippen LogP contribution in [0.3, 0.4) is 0 Å². The molecule has 96 valence electrons. The van der Waals surface area contributed by atoms with Crippen LogP contribution >= 0.6 is 0 Å². The van der Waals surface area contributed by atoms with Gasteiger partial charge in [0.15, 0.2) is 0 Å². The lowest BCUT2D eigenvalue weighted by molar-refractivity contribution is 0.376.